The van der Waals surface area contributed by atoms with E-state index in [1.807, 2.05) is 0 Å². The Hall–Kier alpha value is -0.860. The van der Waals surface area contributed by atoms with Gasteiger partial charge in [-0.25, -0.2) is 9.52 Å². The molecule has 0 aliphatic heterocycles. The quantitative estimate of drug-likeness (QED) is 0.390. The van der Waals surface area contributed by atoms with Crippen molar-refractivity contribution in [1.29, 1.82) is 0 Å². The van der Waals surface area contributed by atoms with E-state index in [4.69, 9.17) is 0 Å². The van der Waals surface area contributed by atoms with Gasteiger partial charge in [0.1, 0.15) is 0 Å². The maximum absolute atomic E-state index is 10.1. The van der Waals surface area contributed by atoms with Crippen molar-refractivity contribution in [2.24, 2.45) is 11.6 Å². The lowest BCUT2D eigenvalue weighted by molar-refractivity contribution is 0.250. The highest BCUT2D eigenvalue weighted by atomic mass is 32.2. The Balaban J connectivity index is 4.06. The SMILES string of the molecule is NOS(=O)(=O)NC(N)=O. The van der Waals surface area contributed by atoms with Crippen LogP contribution in [0.1, 0.15) is 0 Å². The maximum Gasteiger partial charge on any atom is 0.379 e. The van der Waals surface area contributed by atoms with Crippen LogP contribution in [-0.4, -0.2) is 14.4 Å². The molecule has 0 aromatic carbocycles. The molecule has 0 aromatic heterocycles. The highest BCUT2D eigenvalue weighted by Gasteiger charge is 2.09. The molecule has 5 N–H and O–H groups in total. The first kappa shape index (κ1) is 8.14. The van der Waals surface area contributed by atoms with Crippen LogP contribution in [0.4, 0.5) is 4.79 Å². The molecule has 0 bridgehead atoms. The van der Waals surface area contributed by atoms with Crippen molar-refractivity contribution in [1.82, 2.24) is 4.72 Å². The highest BCUT2D eigenvalue weighted by molar-refractivity contribution is 7.85. The van der Waals surface area contributed by atoms with Gasteiger partial charge in [0.2, 0.25) is 0 Å². The van der Waals surface area contributed by atoms with E-state index in [0.29, 0.717) is 0 Å². The molecule has 0 radical (unpaired) electrons. The smallest absolute Gasteiger partial charge is 0.351 e. The van der Waals surface area contributed by atoms with Gasteiger partial charge < -0.3 is 5.73 Å². The van der Waals surface area contributed by atoms with Crippen molar-refractivity contribution < 1.29 is 17.5 Å². The molecule has 9 heavy (non-hydrogen) atoms. The summed E-state index contributed by atoms with van der Waals surface area (Å²) in [5, 5.41) is 0. The van der Waals surface area contributed by atoms with Gasteiger partial charge in [0.15, 0.2) is 0 Å². The summed E-state index contributed by atoms with van der Waals surface area (Å²) in [6.07, 6.45) is 0. The number of nitrogens with one attached hydrogen (secondary N) is 1. The number of hydrogen-bond donors (Lipinski definition) is 3. The molecule has 0 aliphatic rings. The van der Waals surface area contributed by atoms with Gasteiger partial charge in [0.25, 0.3) is 0 Å². The molecule has 0 unspecified atom stereocenters. The summed E-state index contributed by atoms with van der Waals surface area (Å²) in [6, 6.07) is -1.25. The fraction of sp³-hybridized carbons (Fsp3) is 0. The van der Waals surface area contributed by atoms with Crippen molar-refractivity contribution in [3.05, 3.63) is 0 Å². The first-order chi connectivity index (χ1) is 3.98. The van der Waals surface area contributed by atoms with Crippen molar-refractivity contribution in [2.75, 3.05) is 0 Å². The van der Waals surface area contributed by atoms with E-state index in [-0.39, 0.29) is 0 Å². The van der Waals surface area contributed by atoms with Crippen LogP contribution in [0.25, 0.3) is 0 Å². The molecular weight excluding hydrogens is 150 g/mol. The minimum atomic E-state index is -4.17. The van der Waals surface area contributed by atoms with Crippen molar-refractivity contribution in [3.8, 4) is 0 Å². The first-order valence-electron chi connectivity index (χ1n) is 1.68. The molecule has 0 aromatic rings. The van der Waals surface area contributed by atoms with Gasteiger partial charge in [-0.1, -0.05) is 0 Å². The molecular formula is CH5N3O4S. The third kappa shape index (κ3) is 3.70. The Morgan fingerprint density at radius 2 is 2.00 bits per heavy atom. The molecule has 0 atom stereocenters. The van der Waals surface area contributed by atoms with Crippen LogP contribution < -0.4 is 16.4 Å². The van der Waals surface area contributed by atoms with E-state index < -0.39 is 16.3 Å². The van der Waals surface area contributed by atoms with E-state index >= 15 is 0 Å². The van der Waals surface area contributed by atoms with Gasteiger partial charge in [0, 0.05) is 0 Å². The standard InChI is InChI=1S/CH5N3O4S/c2-1(5)4-9(6,7)8-3/h3H2,(H3,2,4,5). The lowest BCUT2D eigenvalue weighted by Crippen LogP contribution is -2.37. The number of carbonyl (C=O) groups is 1. The summed E-state index contributed by atoms with van der Waals surface area (Å²) in [5.41, 5.74) is 4.39. The Morgan fingerprint density at radius 1 is 1.56 bits per heavy atom. The summed E-state index contributed by atoms with van der Waals surface area (Å²) in [4.78, 5) is 9.77. The van der Waals surface area contributed by atoms with E-state index in [2.05, 4.69) is 15.9 Å². The van der Waals surface area contributed by atoms with Crippen LogP contribution in [-0.2, 0) is 14.6 Å². The van der Waals surface area contributed by atoms with E-state index in [0.717, 1.165) is 0 Å². The summed E-state index contributed by atoms with van der Waals surface area (Å²) in [6.45, 7) is 0. The monoisotopic (exact) mass is 155 g/mol. The number of nitrogens with two attached hydrogens (primary N) is 2. The summed E-state index contributed by atoms with van der Waals surface area (Å²) >= 11 is 0. The van der Waals surface area contributed by atoms with Crippen molar-refractivity contribution in [2.45, 2.75) is 0 Å². The molecule has 0 aliphatic carbocycles. The minimum Gasteiger partial charge on any atom is -0.351 e. The second kappa shape index (κ2) is 2.62. The Bertz CT molecular complexity index is 194. The molecule has 2 amide bonds. The van der Waals surface area contributed by atoms with Crippen LogP contribution in [0, 0.1) is 0 Å². The second-order valence-corrected chi connectivity index (χ2v) is 2.32. The first-order valence-corrected chi connectivity index (χ1v) is 3.09. The second-order valence-electron chi connectivity index (χ2n) is 1.02. The zero-order valence-corrected chi connectivity index (χ0v) is 5.01. The summed E-state index contributed by atoms with van der Waals surface area (Å²) in [7, 11) is -4.17. The van der Waals surface area contributed by atoms with Gasteiger partial charge in [0.05, 0.1) is 0 Å². The van der Waals surface area contributed by atoms with Crippen molar-refractivity contribution in [3.63, 3.8) is 0 Å². The molecule has 0 fully saturated rings. The Morgan fingerprint density at radius 3 is 2.11 bits per heavy atom. The third-order valence-corrected chi connectivity index (χ3v) is 1.06. The molecule has 0 spiro atoms. The van der Waals surface area contributed by atoms with E-state index in [1.54, 1.807) is 0 Å². The van der Waals surface area contributed by atoms with E-state index in [1.165, 1.54) is 4.72 Å². The predicted molar refractivity (Wildman–Crippen MR) is 26.9 cm³/mol. The van der Waals surface area contributed by atoms with Gasteiger partial charge in [-0.05, 0) is 0 Å². The zero-order chi connectivity index (χ0) is 7.49. The number of rotatable bonds is 2. The van der Waals surface area contributed by atoms with Crippen LogP contribution in [0.2, 0.25) is 0 Å². The third-order valence-electron chi connectivity index (χ3n) is 0.352. The highest BCUT2D eigenvalue weighted by Crippen LogP contribution is 1.76. The van der Waals surface area contributed by atoms with Gasteiger partial charge in [-0.15, -0.1) is 0 Å². The average molecular weight is 155 g/mol. The van der Waals surface area contributed by atoms with Crippen LogP contribution in [0.15, 0.2) is 0 Å². The largest absolute Gasteiger partial charge is 0.379 e. The Labute approximate surface area is 51.2 Å². The number of hydrogen-bond acceptors (Lipinski definition) is 5. The van der Waals surface area contributed by atoms with Crippen LogP contribution in [0.5, 0.6) is 0 Å². The molecule has 54 valence electrons. The lowest BCUT2D eigenvalue weighted by atomic mass is 11.2. The van der Waals surface area contributed by atoms with Crippen LogP contribution >= 0.6 is 0 Å². The molecule has 0 rings (SSSR count). The van der Waals surface area contributed by atoms with Gasteiger partial charge >= 0.3 is 16.3 Å². The molecule has 0 saturated carbocycles. The number of carbonyl (C=O) groups excluding carboxylic acids is 1. The zero-order valence-electron chi connectivity index (χ0n) is 4.20. The average Bonchev–Trinajstić information content (AvgIpc) is 1.63. The Kier molecular flexibility index (Phi) is 2.37. The van der Waals surface area contributed by atoms with Crippen molar-refractivity contribution >= 4 is 16.3 Å². The molecule has 7 nitrogen and oxygen atoms in total. The van der Waals surface area contributed by atoms with Gasteiger partial charge in [-0.2, -0.15) is 18.6 Å². The fourth-order valence-corrected chi connectivity index (χ4v) is 0.442. The molecule has 0 saturated heterocycles. The summed E-state index contributed by atoms with van der Waals surface area (Å²) < 4.78 is 24.6. The summed E-state index contributed by atoms with van der Waals surface area (Å²) in [5.74, 6) is 4.20. The van der Waals surface area contributed by atoms with Crippen LogP contribution in [0.3, 0.4) is 0 Å². The molecule has 0 heterocycles. The molecule has 8 heteroatoms. The minimum absolute atomic E-state index is 1.23. The number of amides is 2. The van der Waals surface area contributed by atoms with E-state index in [9.17, 15) is 13.2 Å². The predicted octanol–water partition coefficient (Wildman–Crippen LogP) is -2.21. The van der Waals surface area contributed by atoms with Gasteiger partial charge in [-0.3, -0.25) is 0 Å². The lowest BCUT2D eigenvalue weighted by Gasteiger charge is -1.96. The normalized spacial score (nSPS) is 10.8. The maximum atomic E-state index is 10.1. The number of urea groups is 1. The fourth-order valence-electron chi connectivity index (χ4n) is 0.147. The topological polar surface area (TPSA) is 125 Å². The number of primary amides is 1.